The molecule has 14 heavy (non-hydrogen) atoms. The lowest BCUT2D eigenvalue weighted by Gasteiger charge is -2.21. The molecule has 1 aromatic rings. The first kappa shape index (κ1) is 13.2. The lowest BCUT2D eigenvalue weighted by atomic mass is 9.97. The maximum Gasteiger partial charge on any atom is 0.106 e. The van der Waals surface area contributed by atoms with Gasteiger partial charge in [0, 0.05) is 16.3 Å². The zero-order valence-electron chi connectivity index (χ0n) is 7.52. The first-order valence-corrected chi connectivity index (χ1v) is 7.13. The molecule has 0 aliphatic rings. The molecule has 1 nitrogen and oxygen atoms in total. The Kier molecular flexibility index (Phi) is 4.67. The van der Waals surface area contributed by atoms with Gasteiger partial charge in [0.05, 0.1) is 0 Å². The lowest BCUT2D eigenvalue weighted by Crippen LogP contribution is -2.19. The Morgan fingerprint density at radius 3 is 2.43 bits per heavy atom. The molecule has 4 heteroatoms. The van der Waals surface area contributed by atoms with E-state index in [9.17, 15) is 5.11 Å². The van der Waals surface area contributed by atoms with Crippen molar-refractivity contribution in [1.29, 1.82) is 0 Å². The maximum absolute atomic E-state index is 10.1. The third-order valence-electron chi connectivity index (χ3n) is 1.94. The van der Waals surface area contributed by atoms with Crippen molar-refractivity contribution in [3.63, 3.8) is 0 Å². The van der Waals surface area contributed by atoms with Crippen LogP contribution in [0.3, 0.4) is 0 Å². The zero-order valence-corrected chi connectivity index (χ0v) is 14.0. The van der Waals surface area contributed by atoms with Gasteiger partial charge in [0.2, 0.25) is 0 Å². The van der Waals surface area contributed by atoms with Crippen molar-refractivity contribution in [2.75, 3.05) is 0 Å². The molecule has 1 unspecified atom stereocenters. The van der Waals surface area contributed by atoms with Crippen molar-refractivity contribution in [3.05, 3.63) is 41.1 Å². The van der Waals surface area contributed by atoms with Crippen LogP contribution in [0.1, 0.15) is 12.5 Å². The van der Waals surface area contributed by atoms with Gasteiger partial charge in [-0.15, -0.1) is 0 Å². The lowest BCUT2D eigenvalue weighted by molar-refractivity contribution is 0.110. The summed E-state index contributed by atoms with van der Waals surface area (Å²) in [5.41, 5.74) is -0.0261. The number of rotatable bonds is 2. The van der Waals surface area contributed by atoms with Crippen LogP contribution in [0.15, 0.2) is 24.8 Å². The van der Waals surface area contributed by atoms with E-state index in [0.29, 0.717) is 0 Å². The van der Waals surface area contributed by atoms with Crippen LogP contribution in [0.5, 0.6) is 0 Å². The Hall–Kier alpha value is 1.11. The highest BCUT2D eigenvalue weighted by Crippen LogP contribution is 2.31. The summed E-state index contributed by atoms with van der Waals surface area (Å²) >= 11 is 6.78. The minimum atomic E-state index is -0.947. The van der Waals surface area contributed by atoms with Crippen LogP contribution < -0.4 is 0 Å². The first-order valence-electron chi connectivity index (χ1n) is 3.89. The fraction of sp³-hybridized carbons (Fsp3) is 0.200. The third kappa shape index (κ3) is 2.82. The highest BCUT2D eigenvalue weighted by atomic mass is 127. The number of aliphatic hydroxyl groups is 1. The summed E-state index contributed by atoms with van der Waals surface area (Å²) in [5, 5.41) is 10.1. The average Bonchev–Trinajstić information content (AvgIpc) is 2.11. The van der Waals surface area contributed by atoms with Gasteiger partial charge in [-0.3, -0.25) is 0 Å². The van der Waals surface area contributed by atoms with E-state index in [1.807, 2.05) is 6.07 Å². The van der Waals surface area contributed by atoms with Gasteiger partial charge in [0.15, 0.2) is 0 Å². The van der Waals surface area contributed by atoms with Crippen molar-refractivity contribution in [1.82, 2.24) is 0 Å². The van der Waals surface area contributed by atoms with Crippen LogP contribution in [0.25, 0.3) is 0 Å². The van der Waals surface area contributed by atoms with Crippen LogP contribution in [0.2, 0.25) is 0 Å². The second-order valence-electron chi connectivity index (χ2n) is 3.10. The molecule has 1 atom stereocenters. The van der Waals surface area contributed by atoms with E-state index in [2.05, 4.69) is 80.4 Å². The highest BCUT2D eigenvalue weighted by molar-refractivity contribution is 14.1. The van der Waals surface area contributed by atoms with E-state index in [1.54, 1.807) is 13.0 Å². The number of hydrogen-bond donors (Lipinski definition) is 1. The quantitative estimate of drug-likeness (QED) is 0.353. The van der Waals surface area contributed by atoms with Crippen molar-refractivity contribution < 1.29 is 5.11 Å². The minimum absolute atomic E-state index is 0.921. The zero-order chi connectivity index (χ0) is 10.9. The molecule has 1 aromatic carbocycles. The Bertz CT molecular complexity index is 372. The molecule has 0 fully saturated rings. The summed E-state index contributed by atoms with van der Waals surface area (Å²) in [6.45, 7) is 5.40. The van der Waals surface area contributed by atoms with Gasteiger partial charge in [0.1, 0.15) is 5.60 Å². The number of halogens is 3. The fourth-order valence-electron chi connectivity index (χ4n) is 1.03. The molecule has 0 aliphatic heterocycles. The molecule has 1 rings (SSSR count). The molecule has 0 aliphatic carbocycles. The van der Waals surface area contributed by atoms with E-state index < -0.39 is 5.60 Å². The summed E-state index contributed by atoms with van der Waals surface area (Å²) < 4.78 is 3.38. The van der Waals surface area contributed by atoms with Crippen LogP contribution in [0, 0.1) is 10.7 Å². The van der Waals surface area contributed by atoms with Gasteiger partial charge in [0.25, 0.3) is 0 Å². The average molecular weight is 526 g/mol. The van der Waals surface area contributed by atoms with Crippen LogP contribution in [0.4, 0.5) is 0 Å². The maximum atomic E-state index is 10.1. The van der Waals surface area contributed by atoms with Crippen LogP contribution >= 0.6 is 67.8 Å². The topological polar surface area (TPSA) is 20.2 Å². The van der Waals surface area contributed by atoms with Gasteiger partial charge in [-0.25, -0.2) is 0 Å². The second kappa shape index (κ2) is 4.96. The third-order valence-corrected chi connectivity index (χ3v) is 5.60. The van der Waals surface area contributed by atoms with Crippen LogP contribution in [-0.4, -0.2) is 5.11 Å². The van der Waals surface area contributed by atoms with Gasteiger partial charge in [-0.1, -0.05) is 12.7 Å². The molecular formula is C10H9I3O. The highest BCUT2D eigenvalue weighted by Gasteiger charge is 2.23. The van der Waals surface area contributed by atoms with Gasteiger partial charge in [-0.05, 0) is 86.8 Å². The monoisotopic (exact) mass is 526 g/mol. The molecule has 76 valence electrons. The van der Waals surface area contributed by atoms with E-state index >= 15 is 0 Å². The molecule has 0 aromatic heterocycles. The van der Waals surface area contributed by atoms with Crippen molar-refractivity contribution >= 4 is 67.8 Å². The van der Waals surface area contributed by atoms with E-state index in [-0.39, 0.29) is 0 Å². The molecule has 1 N–H and O–H groups in total. The molecule has 0 bridgehead atoms. The molecule has 0 heterocycles. The summed E-state index contributed by atoms with van der Waals surface area (Å²) in [5.74, 6) is 0. The minimum Gasteiger partial charge on any atom is -0.381 e. The van der Waals surface area contributed by atoms with Gasteiger partial charge >= 0.3 is 0 Å². The Balaban J connectivity index is 3.41. The smallest absolute Gasteiger partial charge is 0.106 e. The standard InChI is InChI=1S/C10H9I3O/c1-3-10(2,14)7-4-6(11)5-8(12)9(7)13/h3-5,14H,1H2,2H3. The predicted octanol–water partition coefficient (Wildman–Crippen LogP) is 3.89. The Morgan fingerprint density at radius 2 is 1.93 bits per heavy atom. The van der Waals surface area contributed by atoms with Crippen LogP contribution in [-0.2, 0) is 5.60 Å². The molecular weight excluding hydrogens is 517 g/mol. The summed E-state index contributed by atoms with van der Waals surface area (Å²) in [6, 6.07) is 4.08. The van der Waals surface area contributed by atoms with E-state index in [0.717, 1.165) is 16.3 Å². The Labute approximate surface area is 125 Å². The molecule has 0 spiro atoms. The van der Waals surface area contributed by atoms with E-state index in [4.69, 9.17) is 0 Å². The first-order chi connectivity index (χ1) is 6.38. The molecule has 0 amide bonds. The van der Waals surface area contributed by atoms with Gasteiger partial charge in [-0.2, -0.15) is 0 Å². The Morgan fingerprint density at radius 1 is 1.36 bits per heavy atom. The number of hydrogen-bond acceptors (Lipinski definition) is 1. The van der Waals surface area contributed by atoms with Crippen molar-refractivity contribution in [2.45, 2.75) is 12.5 Å². The van der Waals surface area contributed by atoms with Gasteiger partial charge < -0.3 is 5.11 Å². The van der Waals surface area contributed by atoms with Crippen molar-refractivity contribution in [3.8, 4) is 0 Å². The molecule has 0 saturated heterocycles. The fourth-order valence-corrected chi connectivity index (χ4v) is 3.74. The number of benzene rings is 1. The SMILES string of the molecule is C=CC(C)(O)c1cc(I)cc(I)c1I. The molecule has 0 radical (unpaired) electrons. The predicted molar refractivity (Wildman–Crippen MR) is 84.4 cm³/mol. The van der Waals surface area contributed by atoms with E-state index in [1.165, 1.54) is 0 Å². The summed E-state index contributed by atoms with van der Waals surface area (Å²) in [6.07, 6.45) is 1.57. The second-order valence-corrected chi connectivity index (χ2v) is 6.59. The summed E-state index contributed by atoms with van der Waals surface area (Å²) in [7, 11) is 0. The normalized spacial score (nSPS) is 14.9. The summed E-state index contributed by atoms with van der Waals surface area (Å²) in [4.78, 5) is 0. The molecule has 0 saturated carbocycles. The largest absolute Gasteiger partial charge is 0.381 e. The van der Waals surface area contributed by atoms with Crippen molar-refractivity contribution in [2.24, 2.45) is 0 Å².